The molecule has 3 aromatic carbocycles. The number of nitrogens with one attached hydrogen (secondary N) is 2. The van der Waals surface area contributed by atoms with E-state index in [-0.39, 0.29) is 5.69 Å². The number of alkyl halides is 3. The van der Waals surface area contributed by atoms with E-state index in [9.17, 15) is 22.8 Å². The number of aromatic nitrogens is 2. The highest BCUT2D eigenvalue weighted by molar-refractivity contribution is 7.19. The summed E-state index contributed by atoms with van der Waals surface area (Å²) in [5.74, 6) is 0.405. The van der Waals surface area contributed by atoms with Crippen molar-refractivity contribution >= 4 is 56.5 Å². The molecule has 2 aromatic heterocycles. The number of carbonyl (C=O) groups is 1. The van der Waals surface area contributed by atoms with E-state index in [0.29, 0.717) is 17.2 Å². The van der Waals surface area contributed by atoms with Gasteiger partial charge in [0, 0.05) is 21.8 Å². The molecule has 0 unspecified atom stereocenters. The third-order valence-electron chi connectivity index (χ3n) is 5.53. The molecule has 0 spiro atoms. The zero-order valence-corrected chi connectivity index (χ0v) is 21.7. The number of aryl methyl sites for hydroxylation is 1. The van der Waals surface area contributed by atoms with Crippen LogP contribution in [-0.2, 0) is 11.0 Å². The number of urea groups is 1. The van der Waals surface area contributed by atoms with Crippen LogP contribution in [0.1, 0.15) is 10.4 Å². The van der Waals surface area contributed by atoms with Crippen LogP contribution in [0.15, 0.2) is 90.2 Å². The van der Waals surface area contributed by atoms with E-state index in [1.807, 2.05) is 37.3 Å². The van der Waals surface area contributed by atoms with E-state index in [1.165, 1.54) is 35.9 Å². The number of hydrogen-bond acceptors (Lipinski definition) is 7. The fourth-order valence-corrected chi connectivity index (χ4v) is 4.75. The average Bonchev–Trinajstić information content (AvgIpc) is 3.27. The molecule has 4 N–H and O–H groups in total. The van der Waals surface area contributed by atoms with Crippen molar-refractivity contribution in [3.8, 4) is 11.1 Å². The molecule has 0 bridgehead atoms. The number of halogens is 3. The summed E-state index contributed by atoms with van der Waals surface area (Å²) in [6.45, 7) is 1.98. The summed E-state index contributed by atoms with van der Waals surface area (Å²) in [5.41, 5.74) is 8.52. The molecule has 5 aromatic rings. The first-order valence-electron chi connectivity index (χ1n) is 11.6. The number of anilines is 3. The lowest BCUT2D eigenvalue weighted by atomic mass is 10.0. The molecule has 2 amide bonds. The van der Waals surface area contributed by atoms with Gasteiger partial charge in [0.1, 0.15) is 17.0 Å². The first kappa shape index (κ1) is 28.0. The third-order valence-corrected chi connectivity index (χ3v) is 6.54. The molecule has 0 aliphatic rings. The number of amides is 2. The Balaban J connectivity index is 0.000000350. The van der Waals surface area contributed by atoms with Crippen LogP contribution in [0.2, 0.25) is 0 Å². The van der Waals surface area contributed by atoms with Gasteiger partial charge < -0.3 is 16.4 Å². The number of benzene rings is 3. The van der Waals surface area contributed by atoms with Crippen molar-refractivity contribution in [1.29, 1.82) is 0 Å². The van der Waals surface area contributed by atoms with Gasteiger partial charge in [0.2, 0.25) is 6.08 Å². The fraction of sp³-hybridized carbons (Fsp3) is 0.0714. The number of rotatable bonds is 4. The number of hydrogen-bond donors (Lipinski definition) is 3. The van der Waals surface area contributed by atoms with Gasteiger partial charge in [-0.3, -0.25) is 0 Å². The SMILES string of the molecule is Cc1sc2ncnc(N)c2c1-c1ccc(NC(=O)Nc2ccc(C(F)(F)F)cc2)cc1.O=C=Nc1ccccc1. The molecule has 2 heterocycles. The second-order valence-electron chi connectivity index (χ2n) is 8.24. The number of nitrogens with two attached hydrogens (primary N) is 1. The summed E-state index contributed by atoms with van der Waals surface area (Å²) in [7, 11) is 0. The van der Waals surface area contributed by atoms with Gasteiger partial charge in [0.25, 0.3) is 0 Å². The Kier molecular flexibility index (Phi) is 8.53. The summed E-state index contributed by atoms with van der Waals surface area (Å²) in [6, 6.07) is 19.8. The van der Waals surface area contributed by atoms with Gasteiger partial charge in [-0.25, -0.2) is 19.6 Å². The van der Waals surface area contributed by atoms with Crippen LogP contribution in [0, 0.1) is 6.92 Å². The maximum atomic E-state index is 12.6. The number of nitrogens with zero attached hydrogens (tertiary/aromatic N) is 3. The monoisotopic (exact) mass is 562 g/mol. The highest BCUT2D eigenvalue weighted by Crippen LogP contribution is 2.39. The standard InChI is InChI=1S/C21H16F3N5OS.C7H5NO/c1-11-16(17-18(25)26-10-27-19(17)31-11)12-2-6-14(7-3-12)28-20(30)29-15-8-4-13(5-9-15)21(22,23)24;9-6-8-7-4-2-1-3-5-7/h2-10H,1H3,(H2,25,26,27)(H2,28,29,30);1-5H. The molecule has 0 atom stereocenters. The van der Waals surface area contributed by atoms with Gasteiger partial charge in [-0.2, -0.15) is 18.2 Å². The lowest BCUT2D eigenvalue weighted by Gasteiger charge is -2.10. The summed E-state index contributed by atoms with van der Waals surface area (Å²) < 4.78 is 37.9. The van der Waals surface area contributed by atoms with Gasteiger partial charge in [0.05, 0.1) is 16.6 Å². The van der Waals surface area contributed by atoms with Crippen molar-refractivity contribution < 1.29 is 22.8 Å². The molecule has 0 saturated carbocycles. The van der Waals surface area contributed by atoms with Crippen molar-refractivity contribution in [1.82, 2.24) is 9.97 Å². The quantitative estimate of drug-likeness (QED) is 0.154. The molecular weight excluding hydrogens is 541 g/mol. The summed E-state index contributed by atoms with van der Waals surface area (Å²) in [4.78, 5) is 35.4. The molecule has 0 aliphatic heterocycles. The van der Waals surface area contributed by atoms with Gasteiger partial charge >= 0.3 is 12.2 Å². The van der Waals surface area contributed by atoms with Crippen LogP contribution >= 0.6 is 11.3 Å². The smallest absolute Gasteiger partial charge is 0.383 e. The maximum Gasteiger partial charge on any atom is 0.416 e. The largest absolute Gasteiger partial charge is 0.416 e. The summed E-state index contributed by atoms with van der Waals surface area (Å²) >= 11 is 1.53. The highest BCUT2D eigenvalue weighted by atomic mass is 32.1. The number of fused-ring (bicyclic) bond motifs is 1. The van der Waals surface area contributed by atoms with Crippen LogP contribution in [0.5, 0.6) is 0 Å². The normalized spacial score (nSPS) is 10.7. The predicted molar refractivity (Wildman–Crippen MR) is 150 cm³/mol. The van der Waals surface area contributed by atoms with Gasteiger partial charge in [0.15, 0.2) is 0 Å². The minimum absolute atomic E-state index is 0.248. The molecule has 5 rings (SSSR count). The highest BCUT2D eigenvalue weighted by Gasteiger charge is 2.30. The van der Waals surface area contributed by atoms with Crippen molar-refractivity contribution in [3.05, 3.63) is 95.6 Å². The Morgan fingerprint density at radius 2 is 1.52 bits per heavy atom. The van der Waals surface area contributed by atoms with E-state index in [2.05, 4.69) is 25.6 Å². The van der Waals surface area contributed by atoms with Crippen LogP contribution in [-0.4, -0.2) is 22.1 Å². The van der Waals surface area contributed by atoms with Gasteiger partial charge in [-0.1, -0.05) is 30.3 Å². The van der Waals surface area contributed by atoms with E-state index >= 15 is 0 Å². The number of aliphatic imine (C=N–C) groups is 1. The van der Waals surface area contributed by atoms with E-state index < -0.39 is 17.8 Å². The van der Waals surface area contributed by atoms with Crippen molar-refractivity contribution in [2.75, 3.05) is 16.4 Å². The average molecular weight is 563 g/mol. The van der Waals surface area contributed by atoms with E-state index in [1.54, 1.807) is 24.3 Å². The zero-order valence-electron chi connectivity index (χ0n) is 20.9. The number of thiophene rings is 1. The van der Waals surface area contributed by atoms with E-state index in [4.69, 9.17) is 5.73 Å². The molecule has 0 radical (unpaired) electrons. The Morgan fingerprint density at radius 3 is 2.10 bits per heavy atom. The first-order valence-corrected chi connectivity index (χ1v) is 12.5. The van der Waals surface area contributed by atoms with Crippen molar-refractivity contribution in [3.63, 3.8) is 0 Å². The maximum absolute atomic E-state index is 12.6. The number of nitrogen functional groups attached to an aromatic ring is 1. The lowest BCUT2D eigenvalue weighted by Crippen LogP contribution is -2.19. The van der Waals surface area contributed by atoms with Crippen LogP contribution < -0.4 is 16.4 Å². The van der Waals surface area contributed by atoms with Crippen LogP contribution in [0.4, 0.5) is 40.8 Å². The minimum Gasteiger partial charge on any atom is -0.383 e. The number of isocyanates is 1. The Labute approximate surface area is 230 Å². The first-order chi connectivity index (χ1) is 19.2. The summed E-state index contributed by atoms with van der Waals surface area (Å²) in [6.07, 6.45) is -1.54. The minimum atomic E-state index is -4.43. The molecule has 40 heavy (non-hydrogen) atoms. The Hall–Kier alpha value is -5.06. The van der Waals surface area contributed by atoms with E-state index in [0.717, 1.165) is 38.4 Å². The van der Waals surface area contributed by atoms with Gasteiger partial charge in [-0.15, -0.1) is 11.3 Å². The molecular formula is C28H21F3N6O2S. The molecule has 202 valence electrons. The summed E-state index contributed by atoms with van der Waals surface area (Å²) in [5, 5.41) is 5.95. The molecule has 12 heteroatoms. The Bertz CT molecular complexity index is 1670. The van der Waals surface area contributed by atoms with Crippen molar-refractivity contribution in [2.45, 2.75) is 13.1 Å². The number of para-hydroxylation sites is 1. The molecule has 8 nitrogen and oxygen atoms in total. The number of carbonyl (C=O) groups excluding carboxylic acids is 2. The van der Waals surface area contributed by atoms with Crippen molar-refractivity contribution in [2.24, 2.45) is 4.99 Å². The second-order valence-corrected chi connectivity index (χ2v) is 9.45. The Morgan fingerprint density at radius 1 is 0.925 bits per heavy atom. The molecule has 0 saturated heterocycles. The third kappa shape index (κ3) is 6.87. The fourth-order valence-electron chi connectivity index (χ4n) is 3.73. The topological polar surface area (TPSA) is 122 Å². The predicted octanol–water partition coefficient (Wildman–Crippen LogP) is 7.57. The van der Waals surface area contributed by atoms with Crippen LogP contribution in [0.25, 0.3) is 21.3 Å². The molecule has 0 aliphatic carbocycles. The van der Waals surface area contributed by atoms with Crippen LogP contribution in [0.3, 0.4) is 0 Å². The lowest BCUT2D eigenvalue weighted by molar-refractivity contribution is -0.137. The van der Waals surface area contributed by atoms with Gasteiger partial charge in [-0.05, 0) is 61.0 Å². The second kappa shape index (κ2) is 12.2. The zero-order chi connectivity index (χ0) is 28.7. The molecule has 0 fully saturated rings.